The lowest BCUT2D eigenvalue weighted by molar-refractivity contribution is -0.384. The molecular formula is C26H28N4O5S. The first kappa shape index (κ1) is 23.2. The molecule has 9 nitrogen and oxygen atoms in total. The lowest BCUT2D eigenvalue weighted by Crippen LogP contribution is -2.25. The minimum absolute atomic E-state index is 0.0137. The molecule has 3 heterocycles. The van der Waals surface area contributed by atoms with Crippen molar-refractivity contribution in [2.24, 2.45) is 5.92 Å². The van der Waals surface area contributed by atoms with E-state index in [1.54, 1.807) is 0 Å². The summed E-state index contributed by atoms with van der Waals surface area (Å²) in [4.78, 5) is 31.6. The first-order chi connectivity index (χ1) is 17.5. The van der Waals surface area contributed by atoms with Crippen molar-refractivity contribution in [2.75, 3.05) is 25.1 Å². The first-order valence-corrected chi connectivity index (χ1v) is 13.3. The van der Waals surface area contributed by atoms with Crippen LogP contribution in [0.25, 0.3) is 21.5 Å². The second kappa shape index (κ2) is 9.01. The molecule has 1 saturated carbocycles. The molecule has 3 aromatic rings. The third kappa shape index (κ3) is 3.70. The summed E-state index contributed by atoms with van der Waals surface area (Å²) in [5.74, 6) is -0.742. The van der Waals surface area contributed by atoms with Gasteiger partial charge in [0.05, 0.1) is 35.5 Å². The number of fused-ring (bicyclic) bond motifs is 2. The predicted octanol–water partition coefficient (Wildman–Crippen LogP) is 5.09. The number of ether oxygens (including phenoxy) is 1. The van der Waals surface area contributed by atoms with Crippen LogP contribution in [-0.2, 0) is 4.74 Å². The van der Waals surface area contributed by atoms with Crippen LogP contribution in [-0.4, -0.2) is 51.9 Å². The second-order valence-electron chi connectivity index (χ2n) is 9.92. The number of hydrogen-bond acceptors (Lipinski definition) is 8. The van der Waals surface area contributed by atoms with Gasteiger partial charge in [-0.2, -0.15) is 0 Å². The zero-order valence-electron chi connectivity index (χ0n) is 20.1. The molecule has 10 heteroatoms. The molecule has 2 unspecified atom stereocenters. The van der Waals surface area contributed by atoms with Gasteiger partial charge in [-0.15, -0.1) is 11.3 Å². The number of esters is 1. The van der Waals surface area contributed by atoms with Crippen LogP contribution >= 0.6 is 11.3 Å². The van der Waals surface area contributed by atoms with Gasteiger partial charge in [0.15, 0.2) is 5.56 Å². The average molecular weight is 509 g/mol. The summed E-state index contributed by atoms with van der Waals surface area (Å²) in [6, 6.07) is 6.18. The molecule has 6 rings (SSSR count). The molecule has 1 saturated heterocycles. The summed E-state index contributed by atoms with van der Waals surface area (Å²) in [6.45, 7) is 1.05. The van der Waals surface area contributed by atoms with Crippen LogP contribution < -0.4 is 4.90 Å². The summed E-state index contributed by atoms with van der Waals surface area (Å²) in [7, 11) is 1.24. The molecule has 0 radical (unpaired) electrons. The summed E-state index contributed by atoms with van der Waals surface area (Å²) >= 11 is 1.23. The molecule has 0 bridgehead atoms. The maximum Gasteiger partial charge on any atom is 0.347 e. The van der Waals surface area contributed by atoms with Gasteiger partial charge in [-0.05, 0) is 37.0 Å². The van der Waals surface area contributed by atoms with Crippen molar-refractivity contribution >= 4 is 39.0 Å². The van der Waals surface area contributed by atoms with Crippen molar-refractivity contribution < 1.29 is 19.6 Å². The topological polar surface area (TPSA) is 111 Å². The van der Waals surface area contributed by atoms with Gasteiger partial charge < -0.3 is 19.3 Å². The van der Waals surface area contributed by atoms with E-state index in [4.69, 9.17) is 4.74 Å². The number of methoxy groups -OCH3 is 1. The van der Waals surface area contributed by atoms with Crippen LogP contribution in [0.15, 0.2) is 36.2 Å². The summed E-state index contributed by atoms with van der Waals surface area (Å²) in [6.07, 6.45) is 10.1. The highest BCUT2D eigenvalue weighted by Crippen LogP contribution is 2.50. The van der Waals surface area contributed by atoms with Crippen molar-refractivity contribution in [2.45, 2.75) is 50.7 Å². The molecule has 0 spiro atoms. The number of benzene rings is 1. The molecule has 2 fully saturated rings. The number of nitrogens with zero attached hydrogens (tertiary/aromatic N) is 4. The number of aromatic nitrogens is 2. The minimum atomic E-state index is -0.728. The monoisotopic (exact) mass is 508 g/mol. The van der Waals surface area contributed by atoms with Gasteiger partial charge in [0.25, 0.3) is 0 Å². The average Bonchev–Trinajstić information content (AvgIpc) is 3.66. The van der Waals surface area contributed by atoms with Gasteiger partial charge in [-0.25, -0.2) is 9.78 Å². The Bertz CT molecular complexity index is 1390. The Morgan fingerprint density at radius 2 is 2.08 bits per heavy atom. The van der Waals surface area contributed by atoms with Crippen LogP contribution in [0.2, 0.25) is 0 Å². The van der Waals surface area contributed by atoms with Crippen molar-refractivity contribution in [3.8, 4) is 10.4 Å². The number of thiophene rings is 1. The van der Waals surface area contributed by atoms with Gasteiger partial charge in [0.1, 0.15) is 9.88 Å². The number of carbonyl (C=O) groups is 1. The highest BCUT2D eigenvalue weighted by atomic mass is 32.1. The Labute approximate surface area is 212 Å². The number of nitro groups is 1. The molecule has 36 heavy (non-hydrogen) atoms. The van der Waals surface area contributed by atoms with Crippen LogP contribution in [0.1, 0.15) is 54.9 Å². The van der Waals surface area contributed by atoms with E-state index in [1.807, 2.05) is 35.5 Å². The highest BCUT2D eigenvalue weighted by molar-refractivity contribution is 7.20. The number of anilines is 1. The number of carbonyl (C=O) groups excluding carboxylic acids is 1. The van der Waals surface area contributed by atoms with Crippen LogP contribution in [0, 0.1) is 16.0 Å². The van der Waals surface area contributed by atoms with E-state index >= 15 is 0 Å². The van der Waals surface area contributed by atoms with Crippen LogP contribution in [0.4, 0.5) is 10.7 Å². The second-order valence-corrected chi connectivity index (χ2v) is 10.9. The third-order valence-electron chi connectivity index (χ3n) is 7.88. The van der Waals surface area contributed by atoms with Gasteiger partial charge in [-0.3, -0.25) is 10.1 Å². The smallest absolute Gasteiger partial charge is 0.347 e. The normalized spacial score (nSPS) is 22.2. The van der Waals surface area contributed by atoms with Gasteiger partial charge in [0.2, 0.25) is 0 Å². The van der Waals surface area contributed by atoms with E-state index in [0.29, 0.717) is 41.0 Å². The van der Waals surface area contributed by atoms with Gasteiger partial charge in [-0.1, -0.05) is 31.4 Å². The molecule has 188 valence electrons. The third-order valence-corrected chi connectivity index (χ3v) is 9.17. The number of imidazole rings is 1. The quantitative estimate of drug-likeness (QED) is 0.221. The fourth-order valence-electron chi connectivity index (χ4n) is 6.05. The van der Waals surface area contributed by atoms with E-state index in [0.717, 1.165) is 29.4 Å². The molecule has 2 aromatic heterocycles. The van der Waals surface area contributed by atoms with Crippen molar-refractivity contribution in [3.63, 3.8) is 0 Å². The fourth-order valence-corrected chi connectivity index (χ4v) is 7.31. The Morgan fingerprint density at radius 3 is 2.81 bits per heavy atom. The van der Waals surface area contributed by atoms with Crippen molar-refractivity contribution in [1.82, 2.24) is 9.55 Å². The highest BCUT2D eigenvalue weighted by Gasteiger charge is 2.41. The lowest BCUT2D eigenvalue weighted by atomic mass is 9.95. The fraction of sp³-hybridized carbons (Fsp3) is 0.462. The zero-order valence-corrected chi connectivity index (χ0v) is 20.9. The Balaban J connectivity index is 1.44. The SMILES string of the molecule is COC(=O)c1c(N2CC3=CCC(O)C3C2)sc(-c2ccc3c(c2)ncn3C2CCCCC2)c1[N+](=O)[O-]. The minimum Gasteiger partial charge on any atom is -0.465 e. The summed E-state index contributed by atoms with van der Waals surface area (Å²) in [5, 5.41) is 23.1. The largest absolute Gasteiger partial charge is 0.465 e. The Hall–Kier alpha value is -3.24. The van der Waals surface area contributed by atoms with E-state index in [2.05, 4.69) is 9.55 Å². The molecular weight excluding hydrogens is 480 g/mol. The van der Waals surface area contributed by atoms with Crippen molar-refractivity contribution in [3.05, 3.63) is 51.9 Å². The molecule has 1 N–H and O–H groups in total. The predicted molar refractivity (Wildman–Crippen MR) is 138 cm³/mol. The molecule has 2 atom stereocenters. The van der Waals surface area contributed by atoms with E-state index in [9.17, 15) is 20.0 Å². The van der Waals surface area contributed by atoms with Crippen molar-refractivity contribution in [1.29, 1.82) is 0 Å². The number of rotatable bonds is 5. The summed E-state index contributed by atoms with van der Waals surface area (Å²) < 4.78 is 7.22. The molecule has 0 amide bonds. The van der Waals surface area contributed by atoms with E-state index in [-0.39, 0.29) is 17.2 Å². The van der Waals surface area contributed by atoms with E-state index < -0.39 is 17.0 Å². The van der Waals surface area contributed by atoms with Crippen LogP contribution in [0.5, 0.6) is 0 Å². The Kier molecular flexibility index (Phi) is 5.80. The summed E-state index contributed by atoms with van der Waals surface area (Å²) in [5.41, 5.74) is 3.32. The number of hydrogen-bond donors (Lipinski definition) is 1. The Morgan fingerprint density at radius 1 is 1.28 bits per heavy atom. The lowest BCUT2D eigenvalue weighted by Gasteiger charge is -2.23. The zero-order chi connectivity index (χ0) is 25.0. The van der Waals surface area contributed by atoms with Crippen LogP contribution in [0.3, 0.4) is 0 Å². The van der Waals surface area contributed by atoms with Gasteiger partial charge >= 0.3 is 11.7 Å². The maximum absolute atomic E-state index is 12.8. The molecule has 1 aromatic carbocycles. The van der Waals surface area contributed by atoms with E-state index in [1.165, 1.54) is 37.7 Å². The first-order valence-electron chi connectivity index (χ1n) is 12.4. The molecule has 2 aliphatic carbocycles. The standard InChI is InChI=1S/C26H28N4O5S/c1-35-26(32)22-23(30(33)34)24(36-25(22)28-12-16-8-10-21(31)18(16)13-28)15-7-9-20-19(11-15)27-14-29(20)17-5-3-2-4-6-17/h7-9,11,14,17-18,21,31H,2-6,10,12-13H2,1H3. The number of aliphatic hydroxyl groups is 1. The number of aliphatic hydroxyl groups excluding tert-OH is 1. The molecule has 3 aliphatic rings. The maximum atomic E-state index is 12.8. The molecule has 1 aliphatic heterocycles. The van der Waals surface area contributed by atoms with Gasteiger partial charge in [0, 0.05) is 30.6 Å².